The molecule has 1 unspecified atom stereocenters. The van der Waals surface area contributed by atoms with Gasteiger partial charge in [-0.25, -0.2) is 0 Å². The van der Waals surface area contributed by atoms with Crippen LogP contribution in [-0.4, -0.2) is 5.97 Å². The lowest BCUT2D eigenvalue weighted by atomic mass is 10.1. The molecule has 0 N–H and O–H groups in total. The average Bonchev–Trinajstić information content (AvgIpc) is 2.04. The molecule has 0 aliphatic rings. The fourth-order valence-electron chi connectivity index (χ4n) is 0.898. The Balaban J connectivity index is 2.93. The third-order valence-electron chi connectivity index (χ3n) is 1.63. The number of hydrogen-bond donors (Lipinski definition) is 1. The second-order valence-electron chi connectivity index (χ2n) is 2.59. The van der Waals surface area contributed by atoms with Crippen LogP contribution in [0.5, 0.6) is 0 Å². The molecule has 3 heteroatoms. The molecule has 0 spiro atoms. The van der Waals surface area contributed by atoms with Crippen LogP contribution in [0.25, 0.3) is 0 Å². The van der Waals surface area contributed by atoms with Gasteiger partial charge in [0.05, 0.1) is 5.97 Å². The van der Waals surface area contributed by atoms with Crippen LogP contribution in [0.15, 0.2) is 24.3 Å². The minimum Gasteiger partial charge on any atom is -0.545 e. The average molecular weight is 181 g/mol. The molecule has 64 valence electrons. The number of carboxylic acid groups (broad SMARTS) is 1. The number of benzene rings is 1. The van der Waals surface area contributed by atoms with Crippen molar-refractivity contribution in [1.82, 2.24) is 0 Å². The van der Waals surface area contributed by atoms with E-state index in [1.165, 1.54) is 12.1 Å². The van der Waals surface area contributed by atoms with E-state index in [1.807, 2.05) is 6.92 Å². The third-order valence-corrected chi connectivity index (χ3v) is 1.93. The van der Waals surface area contributed by atoms with Gasteiger partial charge in [0.25, 0.3) is 0 Å². The van der Waals surface area contributed by atoms with Crippen LogP contribution in [-0.2, 0) is 0 Å². The number of carbonyl (C=O) groups is 1. The Labute approximate surface area is 76.6 Å². The van der Waals surface area contributed by atoms with Crippen LogP contribution >= 0.6 is 12.6 Å². The van der Waals surface area contributed by atoms with Crippen molar-refractivity contribution in [2.24, 2.45) is 0 Å². The number of aromatic carboxylic acids is 1. The van der Waals surface area contributed by atoms with E-state index >= 15 is 0 Å². The van der Waals surface area contributed by atoms with Gasteiger partial charge < -0.3 is 9.90 Å². The van der Waals surface area contributed by atoms with E-state index in [2.05, 4.69) is 12.6 Å². The molecule has 1 aromatic rings. The molecule has 1 aromatic carbocycles. The molecule has 0 heterocycles. The van der Waals surface area contributed by atoms with Crippen molar-refractivity contribution in [3.05, 3.63) is 35.4 Å². The lowest BCUT2D eigenvalue weighted by Crippen LogP contribution is -2.21. The van der Waals surface area contributed by atoms with E-state index in [0.717, 1.165) is 5.56 Å². The quantitative estimate of drug-likeness (QED) is 0.692. The Bertz CT molecular complexity index is 277. The minimum atomic E-state index is -1.15. The van der Waals surface area contributed by atoms with E-state index in [0.29, 0.717) is 0 Å². The van der Waals surface area contributed by atoms with Gasteiger partial charge in [-0.05, 0) is 18.1 Å². The number of hydrogen-bond acceptors (Lipinski definition) is 3. The molecule has 0 saturated heterocycles. The molecule has 0 saturated carbocycles. The highest BCUT2D eigenvalue weighted by Gasteiger charge is 1.98. The third kappa shape index (κ3) is 2.01. The van der Waals surface area contributed by atoms with E-state index in [4.69, 9.17) is 0 Å². The zero-order chi connectivity index (χ0) is 9.14. The SMILES string of the molecule is CC(S)c1ccc(C(=O)[O-])cc1. The van der Waals surface area contributed by atoms with Crippen molar-refractivity contribution in [3.8, 4) is 0 Å². The molecule has 12 heavy (non-hydrogen) atoms. The van der Waals surface area contributed by atoms with Gasteiger partial charge in [-0.2, -0.15) is 12.6 Å². The highest BCUT2D eigenvalue weighted by molar-refractivity contribution is 7.80. The summed E-state index contributed by atoms with van der Waals surface area (Å²) in [7, 11) is 0. The summed E-state index contributed by atoms with van der Waals surface area (Å²) in [6.45, 7) is 1.93. The van der Waals surface area contributed by atoms with Crippen LogP contribution in [0.3, 0.4) is 0 Å². The Hall–Kier alpha value is -0.960. The first-order valence-corrected chi connectivity index (χ1v) is 4.12. The first-order chi connectivity index (χ1) is 5.61. The van der Waals surface area contributed by atoms with E-state index in [-0.39, 0.29) is 10.8 Å². The molecule has 0 bridgehead atoms. The van der Waals surface area contributed by atoms with Crippen molar-refractivity contribution < 1.29 is 9.90 Å². The second-order valence-corrected chi connectivity index (χ2v) is 3.36. The highest BCUT2D eigenvalue weighted by atomic mass is 32.1. The van der Waals surface area contributed by atoms with Crippen molar-refractivity contribution >= 4 is 18.6 Å². The largest absolute Gasteiger partial charge is 0.545 e. The summed E-state index contributed by atoms with van der Waals surface area (Å²) in [5, 5.41) is 10.5. The Morgan fingerprint density at radius 1 is 1.42 bits per heavy atom. The lowest BCUT2D eigenvalue weighted by Gasteiger charge is -2.06. The topological polar surface area (TPSA) is 40.1 Å². The van der Waals surface area contributed by atoms with Gasteiger partial charge in [-0.1, -0.05) is 24.3 Å². The monoisotopic (exact) mass is 181 g/mol. The van der Waals surface area contributed by atoms with Crippen molar-refractivity contribution in [2.75, 3.05) is 0 Å². The van der Waals surface area contributed by atoms with Crippen LogP contribution in [0, 0.1) is 0 Å². The number of carboxylic acids is 1. The van der Waals surface area contributed by atoms with Crippen LogP contribution in [0.2, 0.25) is 0 Å². The summed E-state index contributed by atoms with van der Waals surface area (Å²) in [6, 6.07) is 6.53. The second kappa shape index (κ2) is 3.63. The predicted octanol–water partition coefficient (Wildman–Crippen LogP) is 1.04. The predicted molar refractivity (Wildman–Crippen MR) is 48.2 cm³/mol. The maximum Gasteiger partial charge on any atom is 0.0715 e. The summed E-state index contributed by atoms with van der Waals surface area (Å²) < 4.78 is 0. The summed E-state index contributed by atoms with van der Waals surface area (Å²) in [5.41, 5.74) is 1.20. The summed E-state index contributed by atoms with van der Waals surface area (Å²) in [6.07, 6.45) is 0. The Morgan fingerprint density at radius 3 is 2.25 bits per heavy atom. The maximum absolute atomic E-state index is 10.4. The molecule has 0 aliphatic carbocycles. The van der Waals surface area contributed by atoms with Crippen molar-refractivity contribution in [2.45, 2.75) is 12.2 Å². The normalized spacial score (nSPS) is 12.5. The summed E-state index contributed by atoms with van der Waals surface area (Å²) >= 11 is 4.21. The number of thiol groups is 1. The number of carbonyl (C=O) groups excluding carboxylic acids is 1. The van der Waals surface area contributed by atoms with Gasteiger partial charge in [0.2, 0.25) is 0 Å². The molecule has 2 nitrogen and oxygen atoms in total. The molecule has 0 fully saturated rings. The molecular weight excluding hydrogens is 172 g/mol. The van der Waals surface area contributed by atoms with Gasteiger partial charge in [0, 0.05) is 5.25 Å². The van der Waals surface area contributed by atoms with E-state index in [9.17, 15) is 9.90 Å². The van der Waals surface area contributed by atoms with Crippen LogP contribution < -0.4 is 5.11 Å². The molecule has 0 aromatic heterocycles. The zero-order valence-corrected chi connectivity index (χ0v) is 7.54. The standard InChI is InChI=1S/C9H10O2S/c1-6(12)7-2-4-8(5-3-7)9(10)11/h2-6,12H,1H3,(H,10,11)/p-1. The molecule has 1 rings (SSSR count). The van der Waals surface area contributed by atoms with Gasteiger partial charge >= 0.3 is 0 Å². The van der Waals surface area contributed by atoms with E-state index in [1.54, 1.807) is 12.1 Å². The fourth-order valence-corrected chi connectivity index (χ4v) is 1.07. The van der Waals surface area contributed by atoms with E-state index < -0.39 is 5.97 Å². The van der Waals surface area contributed by atoms with Crippen LogP contribution in [0.1, 0.15) is 28.1 Å². The summed E-state index contributed by atoms with van der Waals surface area (Å²) in [5.74, 6) is -1.15. The number of rotatable bonds is 2. The minimum absolute atomic E-state index is 0.126. The smallest absolute Gasteiger partial charge is 0.0715 e. The Morgan fingerprint density at radius 2 is 1.92 bits per heavy atom. The van der Waals surface area contributed by atoms with Crippen LogP contribution in [0.4, 0.5) is 0 Å². The molecule has 1 atom stereocenters. The summed E-state index contributed by atoms with van der Waals surface area (Å²) in [4.78, 5) is 10.4. The van der Waals surface area contributed by atoms with Gasteiger partial charge in [-0.3, -0.25) is 0 Å². The first-order valence-electron chi connectivity index (χ1n) is 3.60. The fraction of sp³-hybridized carbons (Fsp3) is 0.222. The van der Waals surface area contributed by atoms with Gasteiger partial charge in [0.1, 0.15) is 0 Å². The first kappa shape index (κ1) is 9.13. The van der Waals surface area contributed by atoms with Gasteiger partial charge in [0.15, 0.2) is 0 Å². The Kier molecular flexibility index (Phi) is 2.76. The molecule has 0 amide bonds. The highest BCUT2D eigenvalue weighted by Crippen LogP contribution is 2.18. The van der Waals surface area contributed by atoms with Crippen molar-refractivity contribution in [3.63, 3.8) is 0 Å². The van der Waals surface area contributed by atoms with Crippen molar-refractivity contribution in [1.29, 1.82) is 0 Å². The maximum atomic E-state index is 10.4. The molecule has 0 radical (unpaired) electrons. The molecule has 0 aliphatic heterocycles. The lowest BCUT2D eigenvalue weighted by molar-refractivity contribution is -0.255. The zero-order valence-electron chi connectivity index (χ0n) is 6.65. The molecular formula is C9H9O2S-. The van der Waals surface area contributed by atoms with Gasteiger partial charge in [-0.15, -0.1) is 0 Å².